The van der Waals surface area contributed by atoms with Gasteiger partial charge in [-0.3, -0.25) is 0 Å². The highest BCUT2D eigenvalue weighted by molar-refractivity contribution is 5.38. The number of aromatic nitrogens is 2. The number of nitrogens with zero attached hydrogens (tertiary/aromatic N) is 2. The van der Waals surface area contributed by atoms with E-state index in [2.05, 4.69) is 15.3 Å². The highest BCUT2D eigenvalue weighted by Crippen LogP contribution is 2.27. The standard InChI is InChI=1S/C12H18FN3O/c1-8-11(13)12(15-7-14-8)16-10-5-3-2-4-9(10)6-17/h7,9-10,17H,2-6H2,1H3,(H,14,15,16). The summed E-state index contributed by atoms with van der Waals surface area (Å²) in [4.78, 5) is 7.72. The predicted octanol–water partition coefficient (Wildman–Crippen LogP) is 1.89. The molecule has 94 valence electrons. The first-order chi connectivity index (χ1) is 8.22. The molecule has 1 aliphatic rings. The molecule has 1 aromatic heterocycles. The molecule has 5 heteroatoms. The third-order valence-electron chi connectivity index (χ3n) is 3.43. The van der Waals surface area contributed by atoms with Crippen molar-refractivity contribution in [1.82, 2.24) is 9.97 Å². The molecule has 1 saturated carbocycles. The molecular formula is C12H18FN3O. The van der Waals surface area contributed by atoms with Crippen LogP contribution in [0.2, 0.25) is 0 Å². The Morgan fingerprint density at radius 3 is 2.94 bits per heavy atom. The highest BCUT2D eigenvalue weighted by atomic mass is 19.1. The minimum absolute atomic E-state index is 0.109. The number of halogens is 1. The zero-order valence-electron chi connectivity index (χ0n) is 9.99. The van der Waals surface area contributed by atoms with Crippen molar-refractivity contribution in [2.75, 3.05) is 11.9 Å². The van der Waals surface area contributed by atoms with Crippen LogP contribution in [0, 0.1) is 18.7 Å². The molecule has 2 atom stereocenters. The van der Waals surface area contributed by atoms with E-state index >= 15 is 0 Å². The maximum Gasteiger partial charge on any atom is 0.186 e. The van der Waals surface area contributed by atoms with Crippen LogP contribution in [0.1, 0.15) is 31.4 Å². The fourth-order valence-corrected chi connectivity index (χ4v) is 2.35. The second-order valence-corrected chi connectivity index (χ2v) is 4.60. The SMILES string of the molecule is Cc1ncnc(NC2CCCCC2CO)c1F. The van der Waals surface area contributed by atoms with E-state index < -0.39 is 5.82 Å². The van der Waals surface area contributed by atoms with Gasteiger partial charge in [-0.2, -0.15) is 0 Å². The van der Waals surface area contributed by atoms with Crippen molar-refractivity contribution in [3.8, 4) is 0 Å². The van der Waals surface area contributed by atoms with Crippen LogP contribution in [0.25, 0.3) is 0 Å². The molecular weight excluding hydrogens is 221 g/mol. The Hall–Kier alpha value is -1.23. The molecule has 0 amide bonds. The molecule has 4 nitrogen and oxygen atoms in total. The fourth-order valence-electron chi connectivity index (χ4n) is 2.35. The van der Waals surface area contributed by atoms with Crippen molar-refractivity contribution in [3.63, 3.8) is 0 Å². The summed E-state index contributed by atoms with van der Waals surface area (Å²) in [6.45, 7) is 1.76. The van der Waals surface area contributed by atoms with Gasteiger partial charge < -0.3 is 10.4 Å². The van der Waals surface area contributed by atoms with E-state index in [0.29, 0.717) is 5.69 Å². The molecule has 1 aromatic rings. The smallest absolute Gasteiger partial charge is 0.186 e. The summed E-state index contributed by atoms with van der Waals surface area (Å²) < 4.78 is 13.7. The summed E-state index contributed by atoms with van der Waals surface area (Å²) >= 11 is 0. The monoisotopic (exact) mass is 239 g/mol. The normalized spacial score (nSPS) is 24.6. The molecule has 0 bridgehead atoms. The van der Waals surface area contributed by atoms with E-state index in [1.54, 1.807) is 6.92 Å². The first-order valence-corrected chi connectivity index (χ1v) is 6.07. The quantitative estimate of drug-likeness (QED) is 0.845. The maximum atomic E-state index is 13.7. The molecule has 2 rings (SSSR count). The van der Waals surface area contributed by atoms with Gasteiger partial charge in [0.1, 0.15) is 6.33 Å². The number of aliphatic hydroxyl groups is 1. The lowest BCUT2D eigenvalue weighted by molar-refractivity contribution is 0.178. The molecule has 0 radical (unpaired) electrons. The molecule has 1 aliphatic carbocycles. The summed E-state index contributed by atoms with van der Waals surface area (Å²) in [7, 11) is 0. The van der Waals surface area contributed by atoms with E-state index in [-0.39, 0.29) is 24.4 Å². The van der Waals surface area contributed by atoms with Crippen LogP contribution in [0.4, 0.5) is 10.2 Å². The molecule has 17 heavy (non-hydrogen) atoms. The van der Waals surface area contributed by atoms with Crippen LogP contribution >= 0.6 is 0 Å². The number of rotatable bonds is 3. The second-order valence-electron chi connectivity index (χ2n) is 4.60. The van der Waals surface area contributed by atoms with Gasteiger partial charge in [-0.15, -0.1) is 0 Å². The lowest BCUT2D eigenvalue weighted by atomic mass is 9.85. The average Bonchev–Trinajstić information content (AvgIpc) is 2.35. The zero-order chi connectivity index (χ0) is 12.3. The predicted molar refractivity (Wildman–Crippen MR) is 63.2 cm³/mol. The minimum atomic E-state index is -0.394. The minimum Gasteiger partial charge on any atom is -0.396 e. The second kappa shape index (κ2) is 5.40. The van der Waals surface area contributed by atoms with E-state index in [0.717, 1.165) is 25.7 Å². The largest absolute Gasteiger partial charge is 0.396 e. The van der Waals surface area contributed by atoms with Crippen molar-refractivity contribution in [2.24, 2.45) is 5.92 Å². The van der Waals surface area contributed by atoms with Crippen LogP contribution in [-0.4, -0.2) is 27.7 Å². The van der Waals surface area contributed by atoms with Crippen molar-refractivity contribution in [2.45, 2.75) is 38.6 Å². The summed E-state index contributed by atoms with van der Waals surface area (Å²) in [5.41, 5.74) is 0.346. The Morgan fingerprint density at radius 1 is 1.41 bits per heavy atom. The van der Waals surface area contributed by atoms with Gasteiger partial charge in [-0.25, -0.2) is 14.4 Å². The van der Waals surface area contributed by atoms with Crippen molar-refractivity contribution in [1.29, 1.82) is 0 Å². The van der Waals surface area contributed by atoms with Crippen molar-refractivity contribution in [3.05, 3.63) is 17.8 Å². The summed E-state index contributed by atoms with van der Waals surface area (Å²) in [5.74, 6) is 0.0519. The number of anilines is 1. The Kier molecular flexibility index (Phi) is 3.89. The van der Waals surface area contributed by atoms with Crippen molar-refractivity contribution < 1.29 is 9.50 Å². The lowest BCUT2D eigenvalue weighted by Crippen LogP contribution is -2.35. The van der Waals surface area contributed by atoms with Crippen LogP contribution in [-0.2, 0) is 0 Å². The van der Waals surface area contributed by atoms with E-state index in [4.69, 9.17) is 0 Å². The van der Waals surface area contributed by atoms with Gasteiger partial charge in [0, 0.05) is 18.6 Å². The average molecular weight is 239 g/mol. The maximum absolute atomic E-state index is 13.7. The van der Waals surface area contributed by atoms with Crippen LogP contribution < -0.4 is 5.32 Å². The van der Waals surface area contributed by atoms with Crippen LogP contribution in [0.15, 0.2) is 6.33 Å². The first-order valence-electron chi connectivity index (χ1n) is 6.07. The number of hydrogen-bond donors (Lipinski definition) is 2. The topological polar surface area (TPSA) is 58.0 Å². The molecule has 2 unspecified atom stereocenters. The van der Waals surface area contributed by atoms with E-state index in [1.807, 2.05) is 0 Å². The number of nitrogens with one attached hydrogen (secondary N) is 1. The Morgan fingerprint density at radius 2 is 2.18 bits per heavy atom. The molecule has 0 aromatic carbocycles. The lowest BCUT2D eigenvalue weighted by Gasteiger charge is -2.31. The molecule has 2 N–H and O–H groups in total. The molecule has 0 spiro atoms. The van der Waals surface area contributed by atoms with E-state index in [1.165, 1.54) is 6.33 Å². The third-order valence-corrected chi connectivity index (χ3v) is 3.43. The van der Waals surface area contributed by atoms with Crippen LogP contribution in [0.3, 0.4) is 0 Å². The fraction of sp³-hybridized carbons (Fsp3) is 0.667. The Balaban J connectivity index is 2.11. The summed E-state index contributed by atoms with van der Waals surface area (Å²) in [5, 5.41) is 12.4. The van der Waals surface area contributed by atoms with Gasteiger partial charge in [0.2, 0.25) is 0 Å². The number of aliphatic hydroxyl groups excluding tert-OH is 1. The highest BCUT2D eigenvalue weighted by Gasteiger charge is 2.25. The van der Waals surface area contributed by atoms with E-state index in [9.17, 15) is 9.50 Å². The molecule has 0 aliphatic heterocycles. The third kappa shape index (κ3) is 2.72. The Labute approximate surface area is 100 Å². The van der Waals surface area contributed by atoms with Gasteiger partial charge in [0.05, 0.1) is 5.69 Å². The van der Waals surface area contributed by atoms with Gasteiger partial charge in [0.15, 0.2) is 11.6 Å². The molecule has 0 saturated heterocycles. The number of aryl methyl sites for hydroxylation is 1. The van der Waals surface area contributed by atoms with Gasteiger partial charge in [0.25, 0.3) is 0 Å². The zero-order valence-corrected chi connectivity index (χ0v) is 9.99. The van der Waals surface area contributed by atoms with Gasteiger partial charge in [-0.1, -0.05) is 12.8 Å². The first kappa shape index (κ1) is 12.2. The Bertz CT molecular complexity index is 386. The summed E-state index contributed by atoms with van der Waals surface area (Å²) in [6, 6.07) is 0.109. The number of hydrogen-bond acceptors (Lipinski definition) is 4. The van der Waals surface area contributed by atoms with Gasteiger partial charge in [-0.05, 0) is 19.8 Å². The summed E-state index contributed by atoms with van der Waals surface area (Å²) in [6.07, 6.45) is 5.54. The van der Waals surface area contributed by atoms with Crippen molar-refractivity contribution >= 4 is 5.82 Å². The molecule has 1 heterocycles. The molecule has 1 fully saturated rings. The van der Waals surface area contributed by atoms with Crippen LogP contribution in [0.5, 0.6) is 0 Å². The van der Waals surface area contributed by atoms with Gasteiger partial charge >= 0.3 is 0 Å².